The second kappa shape index (κ2) is 8.30. The molecule has 6 nitrogen and oxygen atoms in total. The van der Waals surface area contributed by atoms with Crippen LogP contribution in [0.1, 0.15) is 29.8 Å². The van der Waals surface area contributed by atoms with E-state index in [9.17, 15) is 18.0 Å². The lowest BCUT2D eigenvalue weighted by Gasteiger charge is -2.33. The van der Waals surface area contributed by atoms with Gasteiger partial charge in [0.2, 0.25) is 0 Å². The van der Waals surface area contributed by atoms with Gasteiger partial charge in [0.15, 0.2) is 0 Å². The summed E-state index contributed by atoms with van der Waals surface area (Å²) in [5.41, 5.74) is 0.643. The zero-order valence-electron chi connectivity index (χ0n) is 16.0. The van der Waals surface area contributed by atoms with Gasteiger partial charge in [-0.05, 0) is 44.9 Å². The van der Waals surface area contributed by atoms with Crippen LogP contribution in [-0.4, -0.2) is 40.2 Å². The molecule has 9 heteroatoms. The lowest BCUT2D eigenvalue weighted by Crippen LogP contribution is -2.44. The number of nitrogens with zero attached hydrogens (tertiary/aromatic N) is 4. The third-order valence-corrected chi connectivity index (χ3v) is 5.01. The van der Waals surface area contributed by atoms with Gasteiger partial charge in [0, 0.05) is 49.8 Å². The largest absolute Gasteiger partial charge is 0.417 e. The number of aromatic nitrogens is 3. The van der Waals surface area contributed by atoms with Crippen molar-refractivity contribution in [3.8, 4) is 0 Å². The zero-order valence-corrected chi connectivity index (χ0v) is 16.0. The Kier molecular flexibility index (Phi) is 6.02. The van der Waals surface area contributed by atoms with E-state index in [0.29, 0.717) is 24.9 Å². The first-order valence-electron chi connectivity index (χ1n) is 9.31. The van der Waals surface area contributed by atoms with E-state index in [0.717, 1.165) is 49.6 Å². The summed E-state index contributed by atoms with van der Waals surface area (Å²) in [5.74, 6) is 0.569. The Hall–Kier alpha value is -2.42. The summed E-state index contributed by atoms with van der Waals surface area (Å²) >= 11 is 0. The molecule has 0 radical (unpaired) electrons. The predicted molar refractivity (Wildman–Crippen MR) is 100 cm³/mol. The minimum atomic E-state index is -4.37. The fourth-order valence-electron chi connectivity index (χ4n) is 3.48. The highest BCUT2D eigenvalue weighted by atomic mass is 19.4. The molecule has 1 fully saturated rings. The van der Waals surface area contributed by atoms with Crippen LogP contribution in [0.15, 0.2) is 29.2 Å². The first-order valence-corrected chi connectivity index (χ1v) is 9.31. The molecular formula is C19H24F3N5O. The van der Waals surface area contributed by atoms with Crippen LogP contribution in [0.5, 0.6) is 0 Å². The van der Waals surface area contributed by atoms with Gasteiger partial charge < -0.3 is 10.2 Å². The molecule has 0 unspecified atom stereocenters. The Morgan fingerprint density at radius 2 is 1.93 bits per heavy atom. The van der Waals surface area contributed by atoms with Crippen molar-refractivity contribution in [1.29, 1.82) is 0 Å². The normalized spacial score (nSPS) is 15.8. The summed E-state index contributed by atoms with van der Waals surface area (Å²) in [5, 5.41) is 3.46. The molecule has 1 aliphatic heterocycles. The van der Waals surface area contributed by atoms with Crippen molar-refractivity contribution in [2.45, 2.75) is 45.5 Å². The molecule has 0 bridgehead atoms. The third-order valence-electron chi connectivity index (χ3n) is 5.01. The van der Waals surface area contributed by atoms with Gasteiger partial charge >= 0.3 is 11.9 Å². The number of halogens is 3. The standard InChI is InChI=1S/C19H24F3N5O/c1-13-11-14(2)27(18(28)25-13)10-7-23-16-5-8-26(9-6-16)17-4-3-15(12-24-17)19(20,21)22/h3-4,11-12,16,23H,5-10H2,1-2H3. The maximum absolute atomic E-state index is 12.6. The van der Waals surface area contributed by atoms with Gasteiger partial charge in [0.1, 0.15) is 5.82 Å². The number of aryl methyl sites for hydroxylation is 2. The lowest BCUT2D eigenvalue weighted by molar-refractivity contribution is -0.137. The van der Waals surface area contributed by atoms with E-state index in [1.165, 1.54) is 6.07 Å². The number of alkyl halides is 3. The van der Waals surface area contributed by atoms with Crippen molar-refractivity contribution in [2.75, 3.05) is 24.5 Å². The molecule has 0 aliphatic carbocycles. The molecule has 0 amide bonds. The number of anilines is 1. The monoisotopic (exact) mass is 395 g/mol. The van der Waals surface area contributed by atoms with E-state index in [1.54, 1.807) is 11.5 Å². The number of piperidine rings is 1. The van der Waals surface area contributed by atoms with Crippen LogP contribution in [0.4, 0.5) is 19.0 Å². The van der Waals surface area contributed by atoms with E-state index >= 15 is 0 Å². The Morgan fingerprint density at radius 3 is 2.50 bits per heavy atom. The molecule has 1 saturated heterocycles. The summed E-state index contributed by atoms with van der Waals surface area (Å²) in [6.07, 6.45) is -1.75. The summed E-state index contributed by atoms with van der Waals surface area (Å²) < 4.78 is 39.6. The number of pyridine rings is 1. The molecule has 1 aliphatic rings. The van der Waals surface area contributed by atoms with Gasteiger partial charge in [0.25, 0.3) is 0 Å². The Bertz CT molecular complexity index is 855. The number of rotatable bonds is 5. The second-order valence-corrected chi connectivity index (χ2v) is 7.09. The zero-order chi connectivity index (χ0) is 20.3. The van der Waals surface area contributed by atoms with Crippen molar-refractivity contribution in [3.63, 3.8) is 0 Å². The van der Waals surface area contributed by atoms with E-state index in [-0.39, 0.29) is 5.69 Å². The molecule has 0 atom stereocenters. The molecule has 3 rings (SSSR count). The van der Waals surface area contributed by atoms with Gasteiger partial charge in [0.05, 0.1) is 5.56 Å². The van der Waals surface area contributed by atoms with Gasteiger partial charge in [-0.2, -0.15) is 18.2 Å². The smallest absolute Gasteiger partial charge is 0.357 e. The van der Waals surface area contributed by atoms with Gasteiger partial charge in [-0.1, -0.05) is 0 Å². The molecule has 1 N–H and O–H groups in total. The molecule has 28 heavy (non-hydrogen) atoms. The van der Waals surface area contributed by atoms with Crippen LogP contribution in [-0.2, 0) is 12.7 Å². The van der Waals surface area contributed by atoms with Crippen LogP contribution in [0, 0.1) is 13.8 Å². The van der Waals surface area contributed by atoms with Crippen LogP contribution < -0.4 is 15.9 Å². The molecule has 3 heterocycles. The van der Waals surface area contributed by atoms with Crippen molar-refractivity contribution in [3.05, 3.63) is 51.8 Å². The summed E-state index contributed by atoms with van der Waals surface area (Å²) in [4.78, 5) is 21.9. The molecule has 0 saturated carbocycles. The van der Waals surface area contributed by atoms with Gasteiger partial charge in [-0.25, -0.2) is 9.78 Å². The SMILES string of the molecule is Cc1cc(C)n(CCNC2CCN(c3ccc(C(F)(F)F)cn3)CC2)c(=O)n1. The average Bonchev–Trinajstić information content (AvgIpc) is 2.64. The van der Waals surface area contributed by atoms with Crippen LogP contribution in [0.2, 0.25) is 0 Å². The van der Waals surface area contributed by atoms with Crippen molar-refractivity contribution < 1.29 is 13.2 Å². The maximum Gasteiger partial charge on any atom is 0.417 e. The van der Waals surface area contributed by atoms with Crippen LogP contribution in [0.25, 0.3) is 0 Å². The topological polar surface area (TPSA) is 63.1 Å². The van der Waals surface area contributed by atoms with Crippen molar-refractivity contribution in [2.24, 2.45) is 0 Å². The molecule has 2 aromatic rings. The Morgan fingerprint density at radius 1 is 1.21 bits per heavy atom. The molecule has 0 aromatic carbocycles. The quantitative estimate of drug-likeness (QED) is 0.843. The number of nitrogens with one attached hydrogen (secondary N) is 1. The number of hydrogen-bond acceptors (Lipinski definition) is 5. The average molecular weight is 395 g/mol. The van der Waals surface area contributed by atoms with E-state index in [4.69, 9.17) is 0 Å². The first kappa shape index (κ1) is 20.3. The predicted octanol–water partition coefficient (Wildman–Crippen LogP) is 2.53. The van der Waals surface area contributed by atoms with Crippen molar-refractivity contribution in [1.82, 2.24) is 19.9 Å². The van der Waals surface area contributed by atoms with Crippen LogP contribution >= 0.6 is 0 Å². The van der Waals surface area contributed by atoms with E-state index in [1.807, 2.05) is 17.9 Å². The molecule has 0 spiro atoms. The van der Waals surface area contributed by atoms with Gasteiger partial charge in [-0.15, -0.1) is 0 Å². The highest BCUT2D eigenvalue weighted by Crippen LogP contribution is 2.29. The lowest BCUT2D eigenvalue weighted by atomic mass is 10.0. The van der Waals surface area contributed by atoms with Crippen LogP contribution in [0.3, 0.4) is 0 Å². The molecule has 2 aromatic heterocycles. The van der Waals surface area contributed by atoms with E-state index in [2.05, 4.69) is 15.3 Å². The number of hydrogen-bond donors (Lipinski definition) is 1. The van der Waals surface area contributed by atoms with Crippen molar-refractivity contribution >= 4 is 5.82 Å². The summed E-state index contributed by atoms with van der Waals surface area (Å²) in [6.45, 7) is 6.36. The van der Waals surface area contributed by atoms with Gasteiger partial charge in [-0.3, -0.25) is 4.57 Å². The Labute approximate surface area is 161 Å². The fraction of sp³-hybridized carbons (Fsp3) is 0.526. The van der Waals surface area contributed by atoms with E-state index < -0.39 is 11.7 Å². The fourth-order valence-corrected chi connectivity index (χ4v) is 3.48. The minimum absolute atomic E-state index is 0.234. The first-order chi connectivity index (χ1) is 13.2. The molecule has 152 valence electrons. The summed E-state index contributed by atoms with van der Waals surface area (Å²) in [6, 6.07) is 4.69. The minimum Gasteiger partial charge on any atom is -0.357 e. The Balaban J connectivity index is 1.48. The highest BCUT2D eigenvalue weighted by Gasteiger charge is 2.31. The highest BCUT2D eigenvalue weighted by molar-refractivity contribution is 5.40. The molecular weight excluding hydrogens is 371 g/mol. The maximum atomic E-state index is 12.6. The second-order valence-electron chi connectivity index (χ2n) is 7.09. The summed E-state index contributed by atoms with van der Waals surface area (Å²) in [7, 11) is 0. The third kappa shape index (κ3) is 4.89.